The van der Waals surface area contributed by atoms with Crippen LogP contribution in [0.4, 0.5) is 5.69 Å². The van der Waals surface area contributed by atoms with Gasteiger partial charge in [-0.1, -0.05) is 12.1 Å². The van der Waals surface area contributed by atoms with E-state index in [0.717, 1.165) is 10.6 Å². The number of fused-ring (bicyclic) bond motifs is 1. The van der Waals surface area contributed by atoms with Crippen LogP contribution in [0, 0.1) is 0 Å². The molecule has 1 aromatic rings. The van der Waals surface area contributed by atoms with Crippen LogP contribution in [0.5, 0.6) is 0 Å². The van der Waals surface area contributed by atoms with Gasteiger partial charge in [-0.05, 0) is 12.1 Å². The zero-order valence-corrected chi connectivity index (χ0v) is 7.12. The zero-order chi connectivity index (χ0) is 8.97. The molecule has 0 amide bonds. The van der Waals surface area contributed by atoms with Crippen LogP contribution in [0.3, 0.4) is 0 Å². The molecule has 5 heteroatoms. The molecule has 1 atom stereocenters. The van der Waals surface area contributed by atoms with Crippen LogP contribution in [0.1, 0.15) is 0 Å². The summed E-state index contributed by atoms with van der Waals surface area (Å²) in [6.45, 7) is 0. The minimum absolute atomic E-state index is 0.822. The van der Waals surface area contributed by atoms with Crippen LogP contribution in [-0.2, 0) is 10.8 Å². The van der Waals surface area contributed by atoms with E-state index in [1.165, 1.54) is 5.55 Å². The topological polar surface area (TPSA) is 81.5 Å². The molecule has 1 aromatic carbocycles. The largest absolute Gasteiger partial charge is 0.274 e. The summed E-state index contributed by atoms with van der Waals surface area (Å²) in [5.74, 6) is 8.00. The molecule has 0 saturated heterocycles. The molecular formula is C7H9N3OS. The van der Waals surface area contributed by atoms with Gasteiger partial charge < -0.3 is 0 Å². The van der Waals surface area contributed by atoms with Crippen LogP contribution in [0.15, 0.2) is 34.2 Å². The predicted molar refractivity (Wildman–Crippen MR) is 49.4 cm³/mol. The predicted octanol–water partition coefficient (Wildman–Crippen LogP) is 0.286. The summed E-state index contributed by atoms with van der Waals surface area (Å²) < 4.78 is 11.0. The first-order valence-electron chi connectivity index (χ1n) is 3.25. The molecule has 0 saturated carbocycles. The molecule has 0 fully saturated rings. The normalized spacial score (nSPS) is 18.0. The van der Waals surface area contributed by atoms with Gasteiger partial charge in [-0.3, -0.25) is 11.7 Å². The van der Waals surface area contributed by atoms with Gasteiger partial charge >= 0.3 is 0 Å². The third-order valence-electron chi connectivity index (χ3n) is 1.37. The second kappa shape index (κ2) is 4.10. The molecule has 1 aliphatic rings. The molecule has 1 heterocycles. The Morgan fingerprint density at radius 2 is 1.92 bits per heavy atom. The van der Waals surface area contributed by atoms with Crippen molar-refractivity contribution >= 4 is 22.0 Å². The van der Waals surface area contributed by atoms with Crippen LogP contribution in [0.25, 0.3) is 0 Å². The SMILES string of the molecule is NN.O=S1C=Nc2ccccc21. The third kappa shape index (κ3) is 1.58. The standard InChI is InChI=1S/C7H5NOS.H4N2/c9-10-5-8-6-3-1-2-4-7(6)10;1-2/h1-5H;1-2H2. The van der Waals surface area contributed by atoms with Crippen LogP contribution >= 0.6 is 0 Å². The van der Waals surface area contributed by atoms with Crippen molar-refractivity contribution in [3.05, 3.63) is 24.3 Å². The first kappa shape index (κ1) is 9.05. The summed E-state index contributed by atoms with van der Waals surface area (Å²) >= 11 is 0. The lowest BCUT2D eigenvalue weighted by Crippen LogP contribution is -2.02. The number of aliphatic imine (C=N–C) groups is 1. The Hall–Kier alpha value is -1.04. The van der Waals surface area contributed by atoms with Gasteiger partial charge in [0.15, 0.2) is 0 Å². The lowest BCUT2D eigenvalue weighted by Gasteiger charge is -1.90. The number of hydrogen-bond donors (Lipinski definition) is 2. The van der Waals surface area contributed by atoms with Gasteiger partial charge in [0.1, 0.15) is 0 Å². The van der Waals surface area contributed by atoms with Gasteiger partial charge in [-0.2, -0.15) is 0 Å². The summed E-state index contributed by atoms with van der Waals surface area (Å²) in [5.41, 5.74) is 2.30. The van der Waals surface area contributed by atoms with Crippen LogP contribution in [0.2, 0.25) is 0 Å². The van der Waals surface area contributed by atoms with Crippen molar-refractivity contribution in [2.45, 2.75) is 4.90 Å². The van der Waals surface area contributed by atoms with Crippen molar-refractivity contribution in [2.75, 3.05) is 0 Å². The van der Waals surface area contributed by atoms with Crippen molar-refractivity contribution in [1.29, 1.82) is 0 Å². The first-order chi connectivity index (χ1) is 5.88. The van der Waals surface area contributed by atoms with E-state index in [0.29, 0.717) is 0 Å². The van der Waals surface area contributed by atoms with E-state index in [4.69, 9.17) is 0 Å². The van der Waals surface area contributed by atoms with Crippen LogP contribution in [-0.4, -0.2) is 9.76 Å². The molecule has 64 valence electrons. The second-order valence-electron chi connectivity index (χ2n) is 2.00. The fourth-order valence-electron chi connectivity index (χ4n) is 0.895. The zero-order valence-electron chi connectivity index (χ0n) is 6.31. The summed E-state index contributed by atoms with van der Waals surface area (Å²) in [6.07, 6.45) is 0. The number of nitrogens with two attached hydrogens (primary N) is 2. The highest BCUT2D eigenvalue weighted by atomic mass is 32.2. The fraction of sp³-hybridized carbons (Fsp3) is 0. The van der Waals surface area contributed by atoms with Gasteiger partial charge in [0, 0.05) is 0 Å². The van der Waals surface area contributed by atoms with Gasteiger partial charge in [0.05, 0.1) is 26.9 Å². The maximum atomic E-state index is 11.0. The van der Waals surface area contributed by atoms with Gasteiger partial charge in [-0.25, -0.2) is 9.20 Å². The van der Waals surface area contributed by atoms with Crippen molar-refractivity contribution in [1.82, 2.24) is 0 Å². The average molecular weight is 183 g/mol. The Morgan fingerprint density at radius 1 is 1.25 bits per heavy atom. The molecule has 0 aliphatic carbocycles. The number of nitrogens with zero attached hydrogens (tertiary/aromatic N) is 1. The maximum absolute atomic E-state index is 11.0. The van der Waals surface area contributed by atoms with Gasteiger partial charge in [0.25, 0.3) is 0 Å². The summed E-state index contributed by atoms with van der Waals surface area (Å²) in [7, 11) is -0.989. The van der Waals surface area contributed by atoms with Crippen molar-refractivity contribution in [2.24, 2.45) is 16.7 Å². The Morgan fingerprint density at radius 3 is 2.58 bits per heavy atom. The Bertz CT molecular complexity index is 324. The number of hydrogen-bond acceptors (Lipinski definition) is 4. The molecular weight excluding hydrogens is 174 g/mol. The fourth-order valence-corrected chi connectivity index (χ4v) is 1.76. The highest BCUT2D eigenvalue weighted by Crippen LogP contribution is 2.25. The average Bonchev–Trinajstić information content (AvgIpc) is 2.53. The molecule has 12 heavy (non-hydrogen) atoms. The van der Waals surface area contributed by atoms with Gasteiger partial charge in [0.2, 0.25) is 0 Å². The van der Waals surface area contributed by atoms with E-state index < -0.39 is 10.8 Å². The van der Waals surface area contributed by atoms with E-state index in [1.807, 2.05) is 24.3 Å². The Balaban J connectivity index is 0.000000336. The number of para-hydroxylation sites is 1. The molecule has 1 aliphatic heterocycles. The molecule has 2 rings (SSSR count). The lowest BCUT2D eigenvalue weighted by molar-refractivity contribution is 0.691. The van der Waals surface area contributed by atoms with E-state index >= 15 is 0 Å². The Labute approximate surface area is 72.7 Å². The minimum atomic E-state index is -0.989. The minimum Gasteiger partial charge on any atom is -0.274 e. The van der Waals surface area contributed by atoms with Crippen molar-refractivity contribution in [3.63, 3.8) is 0 Å². The maximum Gasteiger partial charge on any atom is 0.0984 e. The highest BCUT2D eigenvalue weighted by molar-refractivity contribution is 7.99. The number of rotatable bonds is 0. The van der Waals surface area contributed by atoms with Gasteiger partial charge in [-0.15, -0.1) is 0 Å². The summed E-state index contributed by atoms with van der Waals surface area (Å²) in [6, 6.07) is 7.44. The monoisotopic (exact) mass is 183 g/mol. The van der Waals surface area contributed by atoms with Crippen molar-refractivity contribution < 1.29 is 4.21 Å². The first-order valence-corrected chi connectivity index (χ1v) is 4.46. The smallest absolute Gasteiger partial charge is 0.0984 e. The van der Waals surface area contributed by atoms with E-state index in [-0.39, 0.29) is 0 Å². The quantitative estimate of drug-likeness (QED) is 0.448. The highest BCUT2D eigenvalue weighted by Gasteiger charge is 2.11. The van der Waals surface area contributed by atoms with E-state index in [1.54, 1.807) is 0 Å². The number of benzene rings is 1. The molecule has 4 N–H and O–H groups in total. The summed E-state index contributed by atoms with van der Waals surface area (Å²) in [5, 5.41) is 0. The molecule has 0 aromatic heterocycles. The molecule has 0 radical (unpaired) electrons. The molecule has 4 nitrogen and oxygen atoms in total. The van der Waals surface area contributed by atoms with E-state index in [2.05, 4.69) is 16.7 Å². The molecule has 0 bridgehead atoms. The molecule has 0 spiro atoms. The summed E-state index contributed by atoms with van der Waals surface area (Å²) in [4.78, 5) is 4.78. The van der Waals surface area contributed by atoms with Crippen LogP contribution < -0.4 is 11.7 Å². The Kier molecular flexibility index (Phi) is 3.09. The number of hydrazine groups is 1. The van der Waals surface area contributed by atoms with E-state index in [9.17, 15) is 4.21 Å². The lowest BCUT2D eigenvalue weighted by atomic mass is 10.3. The second-order valence-corrected chi connectivity index (χ2v) is 3.25. The van der Waals surface area contributed by atoms with Crippen molar-refractivity contribution in [3.8, 4) is 0 Å². The third-order valence-corrected chi connectivity index (χ3v) is 2.45. The molecule has 1 unspecified atom stereocenters.